The first kappa shape index (κ1) is 58.2. The van der Waals surface area contributed by atoms with Crippen molar-refractivity contribution in [2.75, 3.05) is 47.5 Å². The molecule has 60 heavy (non-hydrogen) atoms. The number of nitrogens with zero attached hydrogens (tertiary/aromatic N) is 1. The minimum atomic E-state index is -4.38. The van der Waals surface area contributed by atoms with Crippen LogP contribution in [0.25, 0.3) is 0 Å². The molecule has 0 aromatic carbocycles. The van der Waals surface area contributed by atoms with Crippen molar-refractivity contribution in [3.8, 4) is 0 Å². The highest BCUT2D eigenvalue weighted by Gasteiger charge is 2.27. The van der Waals surface area contributed by atoms with Crippen LogP contribution in [0.3, 0.4) is 0 Å². The molecule has 0 aromatic heterocycles. The van der Waals surface area contributed by atoms with Gasteiger partial charge in [-0.15, -0.1) is 0 Å². The van der Waals surface area contributed by atoms with Crippen LogP contribution in [-0.2, 0) is 32.7 Å². The zero-order valence-corrected chi connectivity index (χ0v) is 40.6. The molecule has 0 bridgehead atoms. The minimum Gasteiger partial charge on any atom is -0.462 e. The van der Waals surface area contributed by atoms with Crippen molar-refractivity contribution in [2.45, 2.75) is 225 Å². The molecular weight excluding hydrogens is 774 g/mol. The van der Waals surface area contributed by atoms with Crippen LogP contribution < -0.4 is 0 Å². The predicted molar refractivity (Wildman–Crippen MR) is 252 cm³/mol. The Morgan fingerprint density at radius 2 is 0.950 bits per heavy atom. The Morgan fingerprint density at radius 3 is 1.42 bits per heavy atom. The smallest absolute Gasteiger partial charge is 0.462 e. The number of carbonyl (C=O) groups excluding carboxylic acids is 2. The number of phosphoric acid groups is 1. The molecule has 0 spiro atoms. The zero-order valence-electron chi connectivity index (χ0n) is 39.7. The van der Waals surface area contributed by atoms with Crippen molar-refractivity contribution in [3.05, 3.63) is 36.5 Å². The fourth-order valence-corrected chi connectivity index (χ4v) is 7.59. The SMILES string of the molecule is CC/C=C\C/C=C\C/C=C\CCCCCCCC(=O)O[C@H](COC(=O)CCCCCCCCCCCCCCCCCCCCCCC)COP(=O)(O)OCC[N+](C)(C)C. The normalized spacial score (nSPS) is 13.8. The number of phosphoric ester groups is 1. The maximum atomic E-state index is 12.7. The summed E-state index contributed by atoms with van der Waals surface area (Å²) in [5.41, 5.74) is 0. The van der Waals surface area contributed by atoms with Crippen LogP contribution in [0, 0.1) is 0 Å². The summed E-state index contributed by atoms with van der Waals surface area (Å²) < 4.78 is 34.4. The molecule has 1 unspecified atom stereocenters. The van der Waals surface area contributed by atoms with Crippen molar-refractivity contribution < 1.29 is 42.1 Å². The standard InChI is InChI=1S/C50H94NO8P/c1-6-8-10-12-14-16-18-20-22-23-24-25-26-27-29-30-32-34-36-38-40-42-49(52)56-46-48(47-58-60(54,55)57-45-44-51(3,4)5)59-50(53)43-41-39-37-35-33-31-28-21-19-17-15-13-11-9-7-2/h9,11,15,17,21,28,48H,6-8,10,12-14,16,18-20,22-27,29-47H2,1-5H3/p+1/b11-9-,17-15-,28-21-/t48-/m1/s1. The molecule has 0 aromatic rings. The van der Waals surface area contributed by atoms with Gasteiger partial charge in [0.1, 0.15) is 19.8 Å². The van der Waals surface area contributed by atoms with Gasteiger partial charge in [0, 0.05) is 12.8 Å². The van der Waals surface area contributed by atoms with E-state index in [0.717, 1.165) is 70.6 Å². The largest absolute Gasteiger partial charge is 0.472 e. The summed E-state index contributed by atoms with van der Waals surface area (Å²) in [6, 6.07) is 0. The summed E-state index contributed by atoms with van der Waals surface area (Å²) in [6.07, 6.45) is 49.1. The van der Waals surface area contributed by atoms with E-state index in [1.54, 1.807) is 0 Å². The van der Waals surface area contributed by atoms with Crippen LogP contribution >= 0.6 is 7.82 Å². The lowest BCUT2D eigenvalue weighted by molar-refractivity contribution is -0.870. The van der Waals surface area contributed by atoms with Gasteiger partial charge < -0.3 is 18.9 Å². The number of rotatable bonds is 45. The lowest BCUT2D eigenvalue weighted by Crippen LogP contribution is -2.37. The third-order valence-electron chi connectivity index (χ3n) is 10.7. The number of quaternary nitrogens is 1. The van der Waals surface area contributed by atoms with E-state index in [1.807, 2.05) is 21.1 Å². The molecule has 0 saturated heterocycles. The summed E-state index contributed by atoms with van der Waals surface area (Å²) in [4.78, 5) is 35.5. The van der Waals surface area contributed by atoms with Crippen LogP contribution in [0.1, 0.15) is 219 Å². The third-order valence-corrected chi connectivity index (χ3v) is 11.7. The average molecular weight is 869 g/mol. The van der Waals surface area contributed by atoms with Gasteiger partial charge >= 0.3 is 19.8 Å². The molecule has 2 atom stereocenters. The first-order valence-corrected chi connectivity index (χ1v) is 26.2. The third kappa shape index (κ3) is 45.7. The first-order valence-electron chi connectivity index (χ1n) is 24.7. The van der Waals surface area contributed by atoms with Gasteiger partial charge in [0.05, 0.1) is 27.7 Å². The molecule has 10 heteroatoms. The molecule has 9 nitrogen and oxygen atoms in total. The summed E-state index contributed by atoms with van der Waals surface area (Å²) in [5, 5.41) is 0. The zero-order chi connectivity index (χ0) is 44.3. The maximum absolute atomic E-state index is 12.7. The molecule has 0 heterocycles. The second kappa shape index (κ2) is 42.5. The summed E-state index contributed by atoms with van der Waals surface area (Å²) in [6.45, 7) is 4.32. The van der Waals surface area contributed by atoms with E-state index in [4.69, 9.17) is 18.5 Å². The van der Waals surface area contributed by atoms with E-state index in [9.17, 15) is 19.0 Å². The number of ether oxygens (including phenoxy) is 2. The molecule has 0 radical (unpaired) electrons. The highest BCUT2D eigenvalue weighted by molar-refractivity contribution is 7.47. The lowest BCUT2D eigenvalue weighted by Gasteiger charge is -2.24. The molecule has 0 saturated carbocycles. The Bertz CT molecular complexity index is 1120. The topological polar surface area (TPSA) is 108 Å². The van der Waals surface area contributed by atoms with Gasteiger partial charge in [0.25, 0.3) is 0 Å². The second-order valence-electron chi connectivity index (χ2n) is 17.8. The van der Waals surface area contributed by atoms with Crippen LogP contribution in [0.15, 0.2) is 36.5 Å². The molecule has 0 aliphatic heterocycles. The Morgan fingerprint density at radius 1 is 0.533 bits per heavy atom. The van der Waals surface area contributed by atoms with E-state index in [2.05, 4.69) is 50.3 Å². The number of unbranched alkanes of at least 4 members (excludes halogenated alkanes) is 25. The number of hydrogen-bond donors (Lipinski definition) is 1. The Balaban J connectivity index is 4.23. The van der Waals surface area contributed by atoms with Crippen molar-refractivity contribution in [3.63, 3.8) is 0 Å². The monoisotopic (exact) mass is 869 g/mol. The minimum absolute atomic E-state index is 0.0288. The van der Waals surface area contributed by atoms with E-state index in [0.29, 0.717) is 17.4 Å². The fourth-order valence-electron chi connectivity index (χ4n) is 6.85. The van der Waals surface area contributed by atoms with E-state index < -0.39 is 26.5 Å². The molecule has 0 amide bonds. The van der Waals surface area contributed by atoms with Crippen LogP contribution in [0.2, 0.25) is 0 Å². The van der Waals surface area contributed by atoms with Gasteiger partial charge in [0.2, 0.25) is 0 Å². The molecular formula is C50H95NO8P+. The maximum Gasteiger partial charge on any atom is 0.472 e. The number of hydrogen-bond acceptors (Lipinski definition) is 7. The number of likely N-dealkylation sites (N-methyl/N-ethyl adjacent to an activating group) is 1. The van der Waals surface area contributed by atoms with Crippen molar-refractivity contribution >= 4 is 19.8 Å². The van der Waals surface area contributed by atoms with Crippen LogP contribution in [0.5, 0.6) is 0 Å². The van der Waals surface area contributed by atoms with E-state index in [1.165, 1.54) is 116 Å². The molecule has 0 fully saturated rings. The quantitative estimate of drug-likeness (QED) is 0.0212. The van der Waals surface area contributed by atoms with Gasteiger partial charge in [-0.3, -0.25) is 18.6 Å². The number of allylic oxidation sites excluding steroid dienone is 6. The van der Waals surface area contributed by atoms with Gasteiger partial charge in [-0.25, -0.2) is 4.57 Å². The van der Waals surface area contributed by atoms with Gasteiger partial charge in [0.15, 0.2) is 6.10 Å². The van der Waals surface area contributed by atoms with Gasteiger partial charge in [-0.05, 0) is 44.9 Å². The highest BCUT2D eigenvalue weighted by atomic mass is 31.2. The summed E-state index contributed by atoms with van der Waals surface area (Å²) in [7, 11) is 1.47. The summed E-state index contributed by atoms with van der Waals surface area (Å²) >= 11 is 0. The fraction of sp³-hybridized carbons (Fsp3) is 0.840. The van der Waals surface area contributed by atoms with E-state index >= 15 is 0 Å². The predicted octanol–water partition coefficient (Wildman–Crippen LogP) is 14.5. The number of esters is 2. The Labute approximate surface area is 370 Å². The van der Waals surface area contributed by atoms with Gasteiger partial charge in [-0.2, -0.15) is 0 Å². The van der Waals surface area contributed by atoms with Crippen molar-refractivity contribution in [1.29, 1.82) is 0 Å². The summed E-state index contributed by atoms with van der Waals surface area (Å²) in [5.74, 6) is -0.810. The van der Waals surface area contributed by atoms with Crippen molar-refractivity contribution in [1.82, 2.24) is 0 Å². The second-order valence-corrected chi connectivity index (χ2v) is 19.3. The average Bonchev–Trinajstić information content (AvgIpc) is 3.20. The highest BCUT2D eigenvalue weighted by Crippen LogP contribution is 2.43. The van der Waals surface area contributed by atoms with E-state index in [-0.39, 0.29) is 32.0 Å². The molecule has 1 N–H and O–H groups in total. The lowest BCUT2D eigenvalue weighted by atomic mass is 10.0. The molecule has 352 valence electrons. The Kier molecular flexibility index (Phi) is 41.3. The molecule has 0 aliphatic carbocycles. The van der Waals surface area contributed by atoms with Crippen LogP contribution in [-0.4, -0.2) is 74.9 Å². The van der Waals surface area contributed by atoms with Gasteiger partial charge in [-0.1, -0.05) is 198 Å². The number of carbonyl (C=O) groups is 2. The van der Waals surface area contributed by atoms with Crippen LogP contribution in [0.4, 0.5) is 0 Å². The van der Waals surface area contributed by atoms with Crippen molar-refractivity contribution in [2.24, 2.45) is 0 Å². The molecule has 0 aliphatic rings. The first-order chi connectivity index (χ1) is 29.0. The Hall–Kier alpha value is -1.77. The molecule has 0 rings (SSSR count).